The van der Waals surface area contributed by atoms with Crippen molar-refractivity contribution in [3.8, 4) is 5.75 Å². The smallest absolute Gasteiger partial charge is 0.258 e. The number of anilines is 1. The Morgan fingerprint density at radius 3 is 2.63 bits per heavy atom. The highest BCUT2D eigenvalue weighted by molar-refractivity contribution is 6.30. The molecule has 4 nitrogen and oxygen atoms in total. The molecule has 1 heterocycles. The van der Waals surface area contributed by atoms with Crippen molar-refractivity contribution in [2.75, 3.05) is 12.4 Å². The quantitative estimate of drug-likeness (QED) is 0.879. The fourth-order valence-electron chi connectivity index (χ4n) is 1.47. The van der Waals surface area contributed by atoms with Crippen molar-refractivity contribution in [3.05, 3.63) is 53.1 Å². The summed E-state index contributed by atoms with van der Waals surface area (Å²) in [7, 11) is 1.54. The minimum Gasteiger partial charge on any atom is -0.497 e. The van der Waals surface area contributed by atoms with Gasteiger partial charge in [0.2, 0.25) is 0 Å². The Hall–Kier alpha value is -2.14. The summed E-state index contributed by atoms with van der Waals surface area (Å²) in [6.07, 6.45) is 1.27. The van der Waals surface area contributed by atoms with Crippen molar-refractivity contribution in [2.45, 2.75) is 0 Å². The molecule has 0 radical (unpaired) electrons. The van der Waals surface area contributed by atoms with Crippen LogP contribution in [0.3, 0.4) is 0 Å². The summed E-state index contributed by atoms with van der Waals surface area (Å²) >= 11 is 5.52. The van der Waals surface area contributed by atoms with Crippen LogP contribution in [0, 0.1) is 5.82 Å². The molecule has 1 aromatic carbocycles. The second-order valence-electron chi connectivity index (χ2n) is 3.65. The van der Waals surface area contributed by atoms with E-state index < -0.39 is 11.7 Å². The van der Waals surface area contributed by atoms with Crippen LogP contribution in [0.5, 0.6) is 5.75 Å². The van der Waals surface area contributed by atoms with Crippen molar-refractivity contribution in [1.82, 2.24) is 4.98 Å². The highest BCUT2D eigenvalue weighted by Gasteiger charge is 2.15. The number of hydrogen-bond donors (Lipinski definition) is 1. The number of methoxy groups -OCH3 is 1. The molecule has 19 heavy (non-hydrogen) atoms. The molecule has 0 bridgehead atoms. The van der Waals surface area contributed by atoms with Gasteiger partial charge in [-0.15, -0.1) is 0 Å². The van der Waals surface area contributed by atoms with E-state index in [9.17, 15) is 9.18 Å². The minimum absolute atomic E-state index is 0.157. The number of carbonyl (C=O) groups is 1. The lowest BCUT2D eigenvalue weighted by molar-refractivity contribution is 0.102. The lowest BCUT2D eigenvalue weighted by Gasteiger charge is -2.07. The van der Waals surface area contributed by atoms with Crippen molar-refractivity contribution < 1.29 is 13.9 Å². The van der Waals surface area contributed by atoms with Gasteiger partial charge in [-0.25, -0.2) is 9.37 Å². The summed E-state index contributed by atoms with van der Waals surface area (Å²) in [4.78, 5) is 15.4. The minimum atomic E-state index is -0.838. The summed E-state index contributed by atoms with van der Waals surface area (Å²) in [6, 6.07) is 7.94. The predicted octanol–water partition coefficient (Wildman–Crippen LogP) is 3.14. The molecule has 0 unspecified atom stereocenters. The number of amides is 1. The molecule has 0 atom stereocenters. The summed E-state index contributed by atoms with van der Waals surface area (Å²) in [5.74, 6) is -0.765. The molecular formula is C13H10ClFN2O2. The predicted molar refractivity (Wildman–Crippen MR) is 70.2 cm³/mol. The number of rotatable bonds is 3. The molecule has 1 amide bonds. The van der Waals surface area contributed by atoms with Gasteiger partial charge in [-0.05, 0) is 30.3 Å². The van der Waals surface area contributed by atoms with E-state index in [-0.39, 0.29) is 10.7 Å². The normalized spacial score (nSPS) is 10.1. The topological polar surface area (TPSA) is 51.2 Å². The van der Waals surface area contributed by atoms with E-state index in [0.717, 1.165) is 0 Å². The molecule has 0 aliphatic heterocycles. The number of benzene rings is 1. The van der Waals surface area contributed by atoms with Gasteiger partial charge in [0.05, 0.1) is 12.7 Å². The second kappa shape index (κ2) is 5.67. The summed E-state index contributed by atoms with van der Waals surface area (Å²) in [6.45, 7) is 0. The summed E-state index contributed by atoms with van der Waals surface area (Å²) in [5.41, 5.74) is 0.369. The Morgan fingerprint density at radius 1 is 1.32 bits per heavy atom. The zero-order valence-corrected chi connectivity index (χ0v) is 10.7. The van der Waals surface area contributed by atoms with Crippen molar-refractivity contribution >= 4 is 23.2 Å². The zero-order chi connectivity index (χ0) is 13.8. The van der Waals surface area contributed by atoms with Gasteiger partial charge in [0.15, 0.2) is 11.0 Å². The third kappa shape index (κ3) is 3.00. The number of halogens is 2. The SMILES string of the molecule is COc1ccc(NC(=O)c2ccnc(Cl)c2F)cc1. The molecule has 2 rings (SSSR count). The van der Waals surface area contributed by atoms with Gasteiger partial charge in [0.1, 0.15) is 5.75 Å². The van der Waals surface area contributed by atoms with Gasteiger partial charge in [0, 0.05) is 11.9 Å². The molecule has 2 aromatic rings. The van der Waals surface area contributed by atoms with E-state index in [4.69, 9.17) is 16.3 Å². The van der Waals surface area contributed by atoms with E-state index >= 15 is 0 Å². The standard InChI is InChI=1S/C13H10ClFN2O2/c1-19-9-4-2-8(3-5-9)17-13(18)10-6-7-16-12(14)11(10)15/h2-7H,1H3,(H,17,18). The summed E-state index contributed by atoms with van der Waals surface area (Å²) < 4.78 is 18.6. The molecule has 98 valence electrons. The van der Waals surface area contributed by atoms with Crippen LogP contribution in [0.4, 0.5) is 10.1 Å². The third-order valence-electron chi connectivity index (χ3n) is 2.44. The van der Waals surface area contributed by atoms with Gasteiger partial charge >= 0.3 is 0 Å². The Balaban J connectivity index is 2.18. The lowest BCUT2D eigenvalue weighted by atomic mass is 10.2. The molecule has 0 fully saturated rings. The van der Waals surface area contributed by atoms with Crippen LogP contribution < -0.4 is 10.1 Å². The number of nitrogens with one attached hydrogen (secondary N) is 1. The van der Waals surface area contributed by atoms with E-state index in [1.165, 1.54) is 12.3 Å². The number of carbonyl (C=O) groups excluding carboxylic acids is 1. The highest BCUT2D eigenvalue weighted by Crippen LogP contribution is 2.18. The van der Waals surface area contributed by atoms with E-state index in [0.29, 0.717) is 11.4 Å². The van der Waals surface area contributed by atoms with Gasteiger partial charge < -0.3 is 10.1 Å². The lowest BCUT2D eigenvalue weighted by Crippen LogP contribution is -2.14. The number of ether oxygens (including phenoxy) is 1. The molecule has 1 aromatic heterocycles. The van der Waals surface area contributed by atoms with Gasteiger partial charge in [-0.3, -0.25) is 4.79 Å². The Labute approximate surface area is 114 Å². The number of hydrogen-bond acceptors (Lipinski definition) is 3. The molecule has 0 spiro atoms. The first-order valence-electron chi connectivity index (χ1n) is 5.37. The maximum absolute atomic E-state index is 13.6. The van der Waals surface area contributed by atoms with Crippen LogP contribution in [0.1, 0.15) is 10.4 Å². The maximum atomic E-state index is 13.6. The first kappa shape index (κ1) is 13.3. The average molecular weight is 281 g/mol. The fourth-order valence-corrected chi connectivity index (χ4v) is 1.62. The summed E-state index contributed by atoms with van der Waals surface area (Å²) in [5, 5.41) is 2.23. The van der Waals surface area contributed by atoms with Crippen LogP contribution in [0.25, 0.3) is 0 Å². The average Bonchev–Trinajstić information content (AvgIpc) is 2.42. The van der Waals surface area contributed by atoms with E-state index in [1.54, 1.807) is 31.4 Å². The molecule has 0 saturated heterocycles. The van der Waals surface area contributed by atoms with Gasteiger partial charge in [0.25, 0.3) is 5.91 Å². The first-order chi connectivity index (χ1) is 9.11. The van der Waals surface area contributed by atoms with Crippen molar-refractivity contribution in [1.29, 1.82) is 0 Å². The number of pyridine rings is 1. The highest BCUT2D eigenvalue weighted by atomic mass is 35.5. The fraction of sp³-hybridized carbons (Fsp3) is 0.0769. The van der Waals surface area contributed by atoms with Crippen molar-refractivity contribution in [3.63, 3.8) is 0 Å². The van der Waals surface area contributed by atoms with Crippen LogP contribution in [-0.4, -0.2) is 18.0 Å². The Kier molecular flexibility index (Phi) is 3.97. The Bertz CT molecular complexity index is 602. The molecular weight excluding hydrogens is 271 g/mol. The molecule has 6 heteroatoms. The van der Waals surface area contributed by atoms with Crippen LogP contribution >= 0.6 is 11.6 Å². The number of aromatic nitrogens is 1. The van der Waals surface area contributed by atoms with Gasteiger partial charge in [-0.1, -0.05) is 11.6 Å². The second-order valence-corrected chi connectivity index (χ2v) is 4.00. The molecule has 0 aliphatic rings. The largest absolute Gasteiger partial charge is 0.497 e. The molecule has 0 aliphatic carbocycles. The Morgan fingerprint density at radius 2 is 2.00 bits per heavy atom. The van der Waals surface area contributed by atoms with Crippen LogP contribution in [0.2, 0.25) is 5.15 Å². The van der Waals surface area contributed by atoms with E-state index in [1.807, 2.05) is 0 Å². The third-order valence-corrected chi connectivity index (χ3v) is 2.70. The van der Waals surface area contributed by atoms with Crippen LogP contribution in [-0.2, 0) is 0 Å². The van der Waals surface area contributed by atoms with Gasteiger partial charge in [-0.2, -0.15) is 0 Å². The van der Waals surface area contributed by atoms with Crippen LogP contribution in [0.15, 0.2) is 36.5 Å². The van der Waals surface area contributed by atoms with Crippen molar-refractivity contribution in [2.24, 2.45) is 0 Å². The van der Waals surface area contributed by atoms with E-state index in [2.05, 4.69) is 10.3 Å². The first-order valence-corrected chi connectivity index (χ1v) is 5.75. The zero-order valence-electron chi connectivity index (χ0n) is 9.98. The molecule has 0 saturated carbocycles. The number of nitrogens with zero attached hydrogens (tertiary/aromatic N) is 1. The maximum Gasteiger partial charge on any atom is 0.258 e. The molecule has 1 N–H and O–H groups in total. The monoisotopic (exact) mass is 280 g/mol.